The minimum atomic E-state index is -3.32. The van der Waals surface area contributed by atoms with E-state index in [2.05, 4.69) is 0 Å². The second-order valence-electron chi connectivity index (χ2n) is 4.13. The standard InChI is InChI=1S/C11H25NO4Si/c1-6-8-15-17(14,16-9-7-2)11(4)12(5)10(3)13/h11,14H,6-9H2,1-5H3. The van der Waals surface area contributed by atoms with Crippen molar-refractivity contribution >= 4 is 14.7 Å². The minimum absolute atomic E-state index is 0.108. The lowest BCUT2D eigenvalue weighted by Crippen LogP contribution is -2.60. The zero-order valence-electron chi connectivity index (χ0n) is 11.5. The maximum absolute atomic E-state index is 11.3. The van der Waals surface area contributed by atoms with Crippen LogP contribution < -0.4 is 0 Å². The van der Waals surface area contributed by atoms with E-state index in [1.807, 2.05) is 13.8 Å². The first kappa shape index (κ1) is 16.6. The van der Waals surface area contributed by atoms with Crippen LogP contribution in [0, 0.1) is 0 Å². The molecule has 0 aromatic heterocycles. The molecule has 1 N–H and O–H groups in total. The Balaban J connectivity index is 4.69. The van der Waals surface area contributed by atoms with E-state index in [0.29, 0.717) is 13.2 Å². The predicted octanol–water partition coefficient (Wildman–Crippen LogP) is 1.18. The Labute approximate surface area is 105 Å². The lowest BCUT2D eigenvalue weighted by molar-refractivity contribution is -0.129. The summed E-state index contributed by atoms with van der Waals surface area (Å²) in [7, 11) is -1.67. The second kappa shape index (κ2) is 7.81. The van der Waals surface area contributed by atoms with E-state index in [1.54, 1.807) is 14.0 Å². The number of carbonyl (C=O) groups excluding carboxylic acids is 1. The first-order chi connectivity index (χ1) is 7.89. The van der Waals surface area contributed by atoms with Crippen LogP contribution in [0.3, 0.4) is 0 Å². The maximum atomic E-state index is 11.3. The normalized spacial score (nSPS) is 13.5. The van der Waals surface area contributed by atoms with Crippen LogP contribution in [-0.4, -0.2) is 50.3 Å². The highest BCUT2D eigenvalue weighted by Crippen LogP contribution is 2.15. The Morgan fingerprint density at radius 2 is 1.71 bits per heavy atom. The third-order valence-electron chi connectivity index (χ3n) is 2.63. The van der Waals surface area contributed by atoms with Gasteiger partial charge in [0.1, 0.15) is 0 Å². The van der Waals surface area contributed by atoms with Crippen LogP contribution >= 0.6 is 0 Å². The van der Waals surface area contributed by atoms with Crippen LogP contribution in [0.25, 0.3) is 0 Å². The van der Waals surface area contributed by atoms with Gasteiger partial charge in [-0.05, 0) is 19.8 Å². The summed E-state index contributed by atoms with van der Waals surface area (Å²) < 4.78 is 11.0. The van der Waals surface area contributed by atoms with Gasteiger partial charge in [0, 0.05) is 27.2 Å². The van der Waals surface area contributed by atoms with Gasteiger partial charge in [-0.3, -0.25) is 4.79 Å². The zero-order valence-corrected chi connectivity index (χ0v) is 12.5. The maximum Gasteiger partial charge on any atom is 0.521 e. The van der Waals surface area contributed by atoms with Crippen molar-refractivity contribution in [2.75, 3.05) is 20.3 Å². The Kier molecular flexibility index (Phi) is 7.61. The Morgan fingerprint density at radius 1 is 1.29 bits per heavy atom. The van der Waals surface area contributed by atoms with Crippen molar-refractivity contribution in [3.8, 4) is 0 Å². The summed E-state index contributed by atoms with van der Waals surface area (Å²) >= 11 is 0. The largest absolute Gasteiger partial charge is 0.521 e. The van der Waals surface area contributed by atoms with Gasteiger partial charge < -0.3 is 18.5 Å². The van der Waals surface area contributed by atoms with Gasteiger partial charge in [0.25, 0.3) is 0 Å². The van der Waals surface area contributed by atoms with Gasteiger partial charge in [0.15, 0.2) is 0 Å². The highest BCUT2D eigenvalue weighted by molar-refractivity contribution is 6.61. The highest BCUT2D eigenvalue weighted by atomic mass is 28.4. The smallest absolute Gasteiger partial charge is 0.389 e. The van der Waals surface area contributed by atoms with E-state index < -0.39 is 14.5 Å². The molecule has 6 heteroatoms. The van der Waals surface area contributed by atoms with Gasteiger partial charge >= 0.3 is 8.80 Å². The molecule has 17 heavy (non-hydrogen) atoms. The first-order valence-corrected chi connectivity index (χ1v) is 7.96. The predicted molar refractivity (Wildman–Crippen MR) is 68.4 cm³/mol. The quantitative estimate of drug-likeness (QED) is 0.668. The summed E-state index contributed by atoms with van der Waals surface area (Å²) in [6.07, 6.45) is 1.61. The van der Waals surface area contributed by atoms with Gasteiger partial charge in [-0.2, -0.15) is 0 Å². The molecule has 0 aliphatic carbocycles. The van der Waals surface area contributed by atoms with Crippen molar-refractivity contribution in [1.29, 1.82) is 0 Å². The minimum Gasteiger partial charge on any atom is -0.389 e. The molecule has 0 aliphatic rings. The third-order valence-corrected chi connectivity index (χ3v) is 5.31. The van der Waals surface area contributed by atoms with Gasteiger partial charge in [0.2, 0.25) is 5.91 Å². The van der Waals surface area contributed by atoms with Crippen molar-refractivity contribution in [2.45, 2.75) is 46.2 Å². The summed E-state index contributed by atoms with van der Waals surface area (Å²) in [5.74, 6) is -0.108. The molecule has 1 unspecified atom stereocenters. The molecule has 1 atom stereocenters. The van der Waals surface area contributed by atoms with Crippen LogP contribution in [0.2, 0.25) is 0 Å². The van der Waals surface area contributed by atoms with Gasteiger partial charge in [-0.15, -0.1) is 0 Å². The lowest BCUT2D eigenvalue weighted by Gasteiger charge is -2.34. The first-order valence-electron chi connectivity index (χ1n) is 6.12. The Morgan fingerprint density at radius 3 is 2.00 bits per heavy atom. The number of nitrogens with zero attached hydrogens (tertiary/aromatic N) is 1. The van der Waals surface area contributed by atoms with E-state index in [9.17, 15) is 9.59 Å². The SMILES string of the molecule is CCCO[Si](O)(OCCC)C(C)N(C)C(C)=O. The number of hydrogen-bond acceptors (Lipinski definition) is 4. The topological polar surface area (TPSA) is 59.0 Å². The van der Waals surface area contributed by atoms with E-state index >= 15 is 0 Å². The molecule has 0 saturated heterocycles. The molecular weight excluding hydrogens is 238 g/mol. The van der Waals surface area contributed by atoms with Gasteiger partial charge in [-0.25, -0.2) is 0 Å². The summed E-state index contributed by atoms with van der Waals surface area (Å²) in [4.78, 5) is 23.2. The molecule has 0 aromatic rings. The molecule has 0 aromatic carbocycles. The molecule has 102 valence electrons. The summed E-state index contributed by atoms with van der Waals surface area (Å²) in [6.45, 7) is 8.05. The van der Waals surface area contributed by atoms with E-state index in [-0.39, 0.29) is 5.91 Å². The monoisotopic (exact) mass is 263 g/mol. The van der Waals surface area contributed by atoms with Crippen molar-refractivity contribution in [2.24, 2.45) is 0 Å². The molecule has 0 heterocycles. The Hall–Kier alpha value is -0.433. The van der Waals surface area contributed by atoms with E-state index in [1.165, 1.54) is 11.8 Å². The van der Waals surface area contributed by atoms with Crippen LogP contribution in [0.4, 0.5) is 0 Å². The summed E-state index contributed by atoms with van der Waals surface area (Å²) in [6, 6.07) is 0. The average molecular weight is 263 g/mol. The van der Waals surface area contributed by atoms with Crippen LogP contribution in [0.5, 0.6) is 0 Å². The number of rotatable bonds is 8. The molecule has 1 amide bonds. The molecule has 0 bridgehead atoms. The highest BCUT2D eigenvalue weighted by Gasteiger charge is 2.46. The van der Waals surface area contributed by atoms with Crippen molar-refractivity contribution in [3.05, 3.63) is 0 Å². The number of amides is 1. The Bertz CT molecular complexity index is 230. The second-order valence-corrected chi connectivity index (χ2v) is 6.81. The van der Waals surface area contributed by atoms with Crippen molar-refractivity contribution in [3.63, 3.8) is 0 Å². The summed E-state index contributed by atoms with van der Waals surface area (Å²) in [5.41, 5.74) is -0.418. The fourth-order valence-corrected chi connectivity index (χ4v) is 3.53. The third kappa shape index (κ3) is 5.16. The molecule has 0 radical (unpaired) electrons. The summed E-state index contributed by atoms with van der Waals surface area (Å²) in [5, 5.41) is 0. The molecule has 0 fully saturated rings. The fraction of sp³-hybridized carbons (Fsp3) is 0.909. The molecule has 0 saturated carbocycles. The van der Waals surface area contributed by atoms with Gasteiger partial charge in [-0.1, -0.05) is 13.8 Å². The molecule has 0 rings (SSSR count). The van der Waals surface area contributed by atoms with Crippen molar-refractivity contribution < 1.29 is 18.4 Å². The van der Waals surface area contributed by atoms with Crippen LogP contribution in [0.15, 0.2) is 0 Å². The van der Waals surface area contributed by atoms with E-state index in [4.69, 9.17) is 8.85 Å². The number of carbonyl (C=O) groups is 1. The van der Waals surface area contributed by atoms with Crippen molar-refractivity contribution in [1.82, 2.24) is 4.90 Å². The molecule has 0 aliphatic heterocycles. The van der Waals surface area contributed by atoms with Crippen LogP contribution in [-0.2, 0) is 13.6 Å². The number of hydrogen-bond donors (Lipinski definition) is 1. The zero-order chi connectivity index (χ0) is 13.5. The van der Waals surface area contributed by atoms with Crippen LogP contribution in [0.1, 0.15) is 40.5 Å². The average Bonchev–Trinajstić information content (AvgIpc) is 2.31. The molecular formula is C11H25NO4Si. The lowest BCUT2D eigenvalue weighted by atomic mass is 10.5. The fourth-order valence-electron chi connectivity index (χ4n) is 1.30. The molecule has 0 spiro atoms. The van der Waals surface area contributed by atoms with Gasteiger partial charge in [0.05, 0.1) is 5.67 Å². The van der Waals surface area contributed by atoms with E-state index in [0.717, 1.165) is 12.8 Å². The molecule has 5 nitrogen and oxygen atoms in total.